The number of hydrogen-bond donors (Lipinski definition) is 1. The molecule has 0 aromatic heterocycles. The summed E-state index contributed by atoms with van der Waals surface area (Å²) in [5.74, 6) is 0.731. The van der Waals surface area contributed by atoms with Crippen LogP contribution in [-0.2, 0) is 6.42 Å². The first kappa shape index (κ1) is 15.2. The van der Waals surface area contributed by atoms with E-state index in [-0.39, 0.29) is 0 Å². The van der Waals surface area contributed by atoms with Crippen LogP contribution in [0.3, 0.4) is 0 Å². The van der Waals surface area contributed by atoms with Gasteiger partial charge in [0.15, 0.2) is 0 Å². The molecule has 1 aromatic carbocycles. The number of rotatable bonds is 8. The molecule has 1 atom stereocenters. The van der Waals surface area contributed by atoms with Crippen LogP contribution in [-0.4, -0.2) is 6.54 Å². The highest BCUT2D eigenvalue weighted by Crippen LogP contribution is 2.22. The molecule has 0 aliphatic heterocycles. The molecule has 1 aromatic rings. The van der Waals surface area contributed by atoms with E-state index >= 15 is 0 Å². The van der Waals surface area contributed by atoms with Crippen molar-refractivity contribution in [3.63, 3.8) is 0 Å². The van der Waals surface area contributed by atoms with Crippen molar-refractivity contribution in [1.29, 1.82) is 0 Å². The van der Waals surface area contributed by atoms with Crippen molar-refractivity contribution in [3.05, 3.63) is 35.4 Å². The number of benzene rings is 1. The Hall–Kier alpha value is -0.820. The quantitative estimate of drug-likeness (QED) is 0.700. The Morgan fingerprint density at radius 3 is 2.17 bits per heavy atom. The van der Waals surface area contributed by atoms with Crippen LogP contribution < -0.4 is 5.32 Å². The predicted molar refractivity (Wildman–Crippen MR) is 80.9 cm³/mol. The molecule has 0 aliphatic carbocycles. The van der Waals surface area contributed by atoms with E-state index in [4.69, 9.17) is 0 Å². The first-order valence-corrected chi connectivity index (χ1v) is 7.49. The molecule has 0 radical (unpaired) electrons. The highest BCUT2D eigenvalue weighted by molar-refractivity contribution is 5.25. The molecule has 1 unspecified atom stereocenters. The summed E-state index contributed by atoms with van der Waals surface area (Å²) in [6.45, 7) is 10.2. The van der Waals surface area contributed by atoms with Crippen LogP contribution >= 0.6 is 0 Å². The number of nitrogens with one attached hydrogen (secondary N) is 1. The fourth-order valence-electron chi connectivity index (χ4n) is 2.33. The summed E-state index contributed by atoms with van der Waals surface area (Å²) in [4.78, 5) is 0. The molecule has 0 fully saturated rings. The molecule has 1 N–H and O–H groups in total. The Bertz CT molecular complexity index is 313. The molecule has 0 heterocycles. The second-order valence-electron chi connectivity index (χ2n) is 5.63. The highest BCUT2D eigenvalue weighted by Gasteiger charge is 2.12. The number of hydrogen-bond acceptors (Lipinski definition) is 1. The van der Waals surface area contributed by atoms with Crippen molar-refractivity contribution < 1.29 is 0 Å². The molecular formula is C17H29N. The Balaban J connectivity index is 2.70. The molecule has 18 heavy (non-hydrogen) atoms. The molecule has 1 heteroatoms. The van der Waals surface area contributed by atoms with E-state index in [1.165, 1.54) is 36.8 Å². The van der Waals surface area contributed by atoms with E-state index in [9.17, 15) is 0 Å². The number of aryl methyl sites for hydroxylation is 1. The fraction of sp³-hybridized carbons (Fsp3) is 0.647. The van der Waals surface area contributed by atoms with E-state index in [0.29, 0.717) is 6.04 Å². The smallest absolute Gasteiger partial charge is 0.0322 e. The molecule has 102 valence electrons. The van der Waals surface area contributed by atoms with Gasteiger partial charge < -0.3 is 5.32 Å². The zero-order valence-corrected chi connectivity index (χ0v) is 12.5. The summed E-state index contributed by atoms with van der Waals surface area (Å²) in [6.07, 6.45) is 4.83. The lowest BCUT2D eigenvalue weighted by molar-refractivity contribution is 0.430. The molecular weight excluding hydrogens is 218 g/mol. The summed E-state index contributed by atoms with van der Waals surface area (Å²) >= 11 is 0. The minimum Gasteiger partial charge on any atom is -0.310 e. The molecule has 0 bridgehead atoms. The molecule has 0 saturated carbocycles. The van der Waals surface area contributed by atoms with Crippen molar-refractivity contribution in [3.8, 4) is 0 Å². The second kappa shape index (κ2) is 8.31. The molecule has 1 rings (SSSR count). The zero-order valence-electron chi connectivity index (χ0n) is 12.5. The lowest BCUT2D eigenvalue weighted by Gasteiger charge is -2.21. The SMILES string of the molecule is CCCNC(CC(C)C)c1ccc(CCC)cc1. The maximum absolute atomic E-state index is 3.67. The second-order valence-corrected chi connectivity index (χ2v) is 5.63. The van der Waals surface area contributed by atoms with Crippen LogP contribution in [0.5, 0.6) is 0 Å². The summed E-state index contributed by atoms with van der Waals surface area (Å²) in [7, 11) is 0. The monoisotopic (exact) mass is 247 g/mol. The maximum Gasteiger partial charge on any atom is 0.0322 e. The van der Waals surface area contributed by atoms with E-state index in [1.54, 1.807) is 0 Å². The van der Waals surface area contributed by atoms with Crippen molar-refractivity contribution >= 4 is 0 Å². The Morgan fingerprint density at radius 1 is 1.00 bits per heavy atom. The van der Waals surface area contributed by atoms with Crippen LogP contribution in [0.15, 0.2) is 24.3 Å². The van der Waals surface area contributed by atoms with Gasteiger partial charge in [0.1, 0.15) is 0 Å². The average Bonchev–Trinajstić information content (AvgIpc) is 2.35. The average molecular weight is 247 g/mol. The normalized spacial score (nSPS) is 12.9. The van der Waals surface area contributed by atoms with Gasteiger partial charge in [-0.2, -0.15) is 0 Å². The van der Waals surface area contributed by atoms with Crippen molar-refractivity contribution in [1.82, 2.24) is 5.32 Å². The van der Waals surface area contributed by atoms with Gasteiger partial charge in [-0.1, -0.05) is 58.4 Å². The fourth-order valence-corrected chi connectivity index (χ4v) is 2.33. The van der Waals surface area contributed by atoms with Crippen LogP contribution in [0.4, 0.5) is 0 Å². The molecule has 0 spiro atoms. The largest absolute Gasteiger partial charge is 0.310 e. The van der Waals surface area contributed by atoms with Crippen LogP contribution in [0.25, 0.3) is 0 Å². The van der Waals surface area contributed by atoms with Gasteiger partial charge in [0.05, 0.1) is 0 Å². The topological polar surface area (TPSA) is 12.0 Å². The third-order valence-electron chi connectivity index (χ3n) is 3.27. The third kappa shape index (κ3) is 5.22. The minimum absolute atomic E-state index is 0.514. The van der Waals surface area contributed by atoms with E-state index in [0.717, 1.165) is 12.5 Å². The first-order valence-electron chi connectivity index (χ1n) is 7.49. The van der Waals surface area contributed by atoms with Gasteiger partial charge in [0.2, 0.25) is 0 Å². The molecule has 0 saturated heterocycles. The van der Waals surface area contributed by atoms with Gasteiger partial charge in [-0.05, 0) is 42.9 Å². The maximum atomic E-state index is 3.67. The Kier molecular flexibility index (Phi) is 7.04. The van der Waals surface area contributed by atoms with E-state index in [1.807, 2.05) is 0 Å². The Morgan fingerprint density at radius 2 is 1.67 bits per heavy atom. The van der Waals surface area contributed by atoms with Gasteiger partial charge in [-0.25, -0.2) is 0 Å². The van der Waals surface area contributed by atoms with Crippen molar-refractivity contribution in [2.75, 3.05) is 6.54 Å². The summed E-state index contributed by atoms with van der Waals surface area (Å²) in [6, 6.07) is 9.71. The molecule has 0 aliphatic rings. The van der Waals surface area contributed by atoms with E-state index in [2.05, 4.69) is 57.3 Å². The summed E-state index contributed by atoms with van der Waals surface area (Å²) < 4.78 is 0. The van der Waals surface area contributed by atoms with Gasteiger partial charge >= 0.3 is 0 Å². The molecule has 1 nitrogen and oxygen atoms in total. The van der Waals surface area contributed by atoms with E-state index < -0.39 is 0 Å². The van der Waals surface area contributed by atoms with Crippen LogP contribution in [0.1, 0.15) is 64.1 Å². The zero-order chi connectivity index (χ0) is 13.4. The standard InChI is InChI=1S/C17H29N/c1-5-7-15-8-10-16(11-9-15)17(13-14(3)4)18-12-6-2/h8-11,14,17-18H,5-7,12-13H2,1-4H3. The summed E-state index contributed by atoms with van der Waals surface area (Å²) in [5, 5.41) is 3.67. The van der Waals surface area contributed by atoms with Crippen molar-refractivity contribution in [2.24, 2.45) is 5.92 Å². The lowest BCUT2D eigenvalue weighted by atomic mass is 9.95. The van der Waals surface area contributed by atoms with Gasteiger partial charge in [-0.3, -0.25) is 0 Å². The first-order chi connectivity index (χ1) is 8.67. The lowest BCUT2D eigenvalue weighted by Crippen LogP contribution is -2.23. The van der Waals surface area contributed by atoms with Gasteiger partial charge in [0.25, 0.3) is 0 Å². The van der Waals surface area contributed by atoms with Crippen LogP contribution in [0.2, 0.25) is 0 Å². The Labute approximate surface area is 113 Å². The van der Waals surface area contributed by atoms with Gasteiger partial charge in [0, 0.05) is 6.04 Å². The highest BCUT2D eigenvalue weighted by atomic mass is 14.9. The predicted octanol–water partition coefficient (Wildman–Crippen LogP) is 4.73. The van der Waals surface area contributed by atoms with Crippen molar-refractivity contribution in [2.45, 2.75) is 59.4 Å². The molecule has 0 amide bonds. The van der Waals surface area contributed by atoms with Crippen LogP contribution in [0, 0.1) is 5.92 Å². The van der Waals surface area contributed by atoms with Gasteiger partial charge in [-0.15, -0.1) is 0 Å². The third-order valence-corrected chi connectivity index (χ3v) is 3.27. The minimum atomic E-state index is 0.514. The summed E-state index contributed by atoms with van der Waals surface area (Å²) in [5.41, 5.74) is 2.90.